The highest BCUT2D eigenvalue weighted by atomic mass is 79.9. The lowest BCUT2D eigenvalue weighted by atomic mass is 10.0. The van der Waals surface area contributed by atoms with Crippen LogP contribution in [0.2, 0.25) is 0 Å². The molecule has 0 amide bonds. The Morgan fingerprint density at radius 3 is 2.59 bits per heavy atom. The maximum Gasteiger partial charge on any atom is 0.313 e. The summed E-state index contributed by atoms with van der Waals surface area (Å²) in [5.74, 6) is 0.317. The van der Waals surface area contributed by atoms with Gasteiger partial charge in [-0.3, -0.25) is 4.79 Å². The second kappa shape index (κ2) is 6.64. The van der Waals surface area contributed by atoms with Crippen molar-refractivity contribution in [2.24, 2.45) is 0 Å². The minimum atomic E-state index is -0.262. The van der Waals surface area contributed by atoms with Crippen LogP contribution >= 0.6 is 15.9 Å². The van der Waals surface area contributed by atoms with E-state index in [-0.39, 0.29) is 11.9 Å². The number of halogens is 1. The van der Waals surface area contributed by atoms with Crippen molar-refractivity contribution in [1.29, 1.82) is 0 Å². The molecule has 0 N–H and O–H groups in total. The van der Waals surface area contributed by atoms with Crippen molar-refractivity contribution in [3.05, 3.63) is 28.2 Å². The molecule has 94 valence electrons. The van der Waals surface area contributed by atoms with Crippen molar-refractivity contribution in [2.75, 3.05) is 13.2 Å². The molecule has 0 saturated carbocycles. The van der Waals surface area contributed by atoms with E-state index < -0.39 is 0 Å². The summed E-state index contributed by atoms with van der Waals surface area (Å²) >= 11 is 3.43. The maximum atomic E-state index is 11.6. The number of carbonyl (C=O) groups is 1. The van der Waals surface area contributed by atoms with Crippen LogP contribution in [0.1, 0.15) is 32.3 Å². The van der Waals surface area contributed by atoms with E-state index in [2.05, 4.69) is 15.9 Å². The highest BCUT2D eigenvalue weighted by Crippen LogP contribution is 2.29. The maximum absolute atomic E-state index is 11.6. The number of benzene rings is 1. The molecule has 17 heavy (non-hydrogen) atoms. The number of hydrogen-bond donors (Lipinski definition) is 0. The smallest absolute Gasteiger partial charge is 0.313 e. The van der Waals surface area contributed by atoms with Gasteiger partial charge in [-0.2, -0.15) is 0 Å². The van der Waals surface area contributed by atoms with Gasteiger partial charge in [0.2, 0.25) is 0 Å². The second-order valence-corrected chi connectivity index (χ2v) is 4.45. The Bertz CT molecular complexity index is 390. The molecule has 0 fully saturated rings. The summed E-state index contributed by atoms with van der Waals surface area (Å²) < 4.78 is 11.3. The molecule has 0 aliphatic carbocycles. The SMILES string of the molecule is CCOC(=O)C(C)c1ccc(OCC)c(Br)c1. The van der Waals surface area contributed by atoms with Gasteiger partial charge in [-0.25, -0.2) is 0 Å². The third-order valence-electron chi connectivity index (χ3n) is 2.40. The quantitative estimate of drug-likeness (QED) is 0.781. The molecule has 0 spiro atoms. The zero-order chi connectivity index (χ0) is 12.8. The van der Waals surface area contributed by atoms with Crippen LogP contribution in [0.15, 0.2) is 22.7 Å². The molecular formula is C13H17BrO3. The third-order valence-corrected chi connectivity index (χ3v) is 3.02. The van der Waals surface area contributed by atoms with Gasteiger partial charge in [0.1, 0.15) is 5.75 Å². The van der Waals surface area contributed by atoms with E-state index in [1.54, 1.807) is 6.92 Å². The van der Waals surface area contributed by atoms with Gasteiger partial charge in [-0.15, -0.1) is 0 Å². The van der Waals surface area contributed by atoms with Crippen molar-refractivity contribution in [1.82, 2.24) is 0 Å². The van der Waals surface area contributed by atoms with Crippen LogP contribution in [-0.2, 0) is 9.53 Å². The molecule has 0 bridgehead atoms. The molecular weight excluding hydrogens is 284 g/mol. The number of hydrogen-bond acceptors (Lipinski definition) is 3. The van der Waals surface area contributed by atoms with Crippen LogP contribution in [0, 0.1) is 0 Å². The van der Waals surface area contributed by atoms with Crippen LogP contribution in [-0.4, -0.2) is 19.2 Å². The Kier molecular flexibility index (Phi) is 5.48. The lowest BCUT2D eigenvalue weighted by Gasteiger charge is -2.13. The summed E-state index contributed by atoms with van der Waals surface area (Å²) in [5.41, 5.74) is 0.916. The average Bonchev–Trinajstić information content (AvgIpc) is 2.31. The summed E-state index contributed by atoms with van der Waals surface area (Å²) in [6.07, 6.45) is 0. The van der Waals surface area contributed by atoms with Crippen molar-refractivity contribution >= 4 is 21.9 Å². The number of ether oxygens (including phenoxy) is 2. The Labute approximate surface area is 110 Å². The monoisotopic (exact) mass is 300 g/mol. The molecule has 1 rings (SSSR count). The molecule has 3 nitrogen and oxygen atoms in total. The van der Waals surface area contributed by atoms with Crippen LogP contribution in [0.25, 0.3) is 0 Å². The number of carbonyl (C=O) groups excluding carboxylic acids is 1. The summed E-state index contributed by atoms with van der Waals surface area (Å²) in [4.78, 5) is 11.6. The molecule has 0 aromatic heterocycles. The number of esters is 1. The highest BCUT2D eigenvalue weighted by Gasteiger charge is 2.17. The normalized spacial score (nSPS) is 12.0. The fraction of sp³-hybridized carbons (Fsp3) is 0.462. The van der Waals surface area contributed by atoms with E-state index in [1.807, 2.05) is 32.0 Å². The zero-order valence-electron chi connectivity index (χ0n) is 10.3. The molecule has 0 aliphatic rings. The van der Waals surface area contributed by atoms with Crippen molar-refractivity contribution < 1.29 is 14.3 Å². The van der Waals surface area contributed by atoms with Gasteiger partial charge < -0.3 is 9.47 Å². The van der Waals surface area contributed by atoms with E-state index in [0.717, 1.165) is 15.8 Å². The third kappa shape index (κ3) is 3.73. The van der Waals surface area contributed by atoms with Crippen LogP contribution < -0.4 is 4.74 Å². The predicted octanol–water partition coefficient (Wildman–Crippen LogP) is 3.51. The minimum Gasteiger partial charge on any atom is -0.493 e. The van der Waals surface area contributed by atoms with Gasteiger partial charge in [-0.1, -0.05) is 6.07 Å². The first kappa shape index (κ1) is 14.0. The van der Waals surface area contributed by atoms with Crippen LogP contribution in [0.3, 0.4) is 0 Å². The molecule has 0 aliphatic heterocycles. The molecule has 0 radical (unpaired) electrons. The first-order valence-corrected chi connectivity index (χ1v) is 6.48. The largest absolute Gasteiger partial charge is 0.493 e. The molecule has 0 heterocycles. The first-order valence-electron chi connectivity index (χ1n) is 5.69. The van der Waals surface area contributed by atoms with Crippen molar-refractivity contribution in [3.8, 4) is 5.75 Å². The van der Waals surface area contributed by atoms with Gasteiger partial charge >= 0.3 is 5.97 Å². The van der Waals surface area contributed by atoms with Gasteiger partial charge in [0.05, 0.1) is 23.6 Å². The number of rotatable bonds is 5. The van der Waals surface area contributed by atoms with E-state index in [1.165, 1.54) is 0 Å². The van der Waals surface area contributed by atoms with E-state index in [0.29, 0.717) is 13.2 Å². The lowest BCUT2D eigenvalue weighted by Crippen LogP contribution is -2.13. The molecule has 4 heteroatoms. The Hall–Kier alpha value is -1.03. The molecule has 1 atom stereocenters. The standard InChI is InChI=1S/C13H17BrO3/c1-4-16-12-7-6-10(8-11(12)14)9(3)13(15)17-5-2/h6-9H,4-5H2,1-3H3. The minimum absolute atomic E-state index is 0.205. The molecule has 1 aromatic rings. The van der Waals surface area contributed by atoms with Crippen LogP contribution in [0.5, 0.6) is 5.75 Å². The summed E-state index contributed by atoms with van der Waals surface area (Å²) in [7, 11) is 0. The van der Waals surface area contributed by atoms with Gasteiger partial charge in [0.25, 0.3) is 0 Å². The first-order chi connectivity index (χ1) is 8.10. The molecule has 1 unspecified atom stereocenters. The summed E-state index contributed by atoms with van der Waals surface area (Å²) in [6, 6.07) is 5.64. The van der Waals surface area contributed by atoms with Crippen LogP contribution in [0.4, 0.5) is 0 Å². The summed E-state index contributed by atoms with van der Waals surface area (Å²) in [6.45, 7) is 6.59. The molecule has 0 saturated heterocycles. The van der Waals surface area contributed by atoms with Crippen molar-refractivity contribution in [3.63, 3.8) is 0 Å². The lowest BCUT2D eigenvalue weighted by molar-refractivity contribution is -0.144. The van der Waals surface area contributed by atoms with E-state index in [4.69, 9.17) is 9.47 Å². The van der Waals surface area contributed by atoms with Gasteiger partial charge in [0.15, 0.2) is 0 Å². The zero-order valence-corrected chi connectivity index (χ0v) is 11.9. The Morgan fingerprint density at radius 2 is 2.06 bits per heavy atom. The second-order valence-electron chi connectivity index (χ2n) is 3.60. The molecule has 1 aromatic carbocycles. The van der Waals surface area contributed by atoms with Gasteiger partial charge in [0, 0.05) is 0 Å². The topological polar surface area (TPSA) is 35.5 Å². The van der Waals surface area contributed by atoms with E-state index in [9.17, 15) is 4.79 Å². The fourth-order valence-electron chi connectivity index (χ4n) is 1.46. The summed E-state index contributed by atoms with van der Waals surface area (Å²) in [5, 5.41) is 0. The van der Waals surface area contributed by atoms with Crippen molar-refractivity contribution in [2.45, 2.75) is 26.7 Å². The highest BCUT2D eigenvalue weighted by molar-refractivity contribution is 9.10. The Morgan fingerprint density at radius 1 is 1.35 bits per heavy atom. The van der Waals surface area contributed by atoms with E-state index >= 15 is 0 Å². The Balaban J connectivity index is 2.85. The van der Waals surface area contributed by atoms with Gasteiger partial charge in [-0.05, 0) is 54.4 Å². The average molecular weight is 301 g/mol. The fourth-order valence-corrected chi connectivity index (χ4v) is 1.97. The predicted molar refractivity (Wildman–Crippen MR) is 70.4 cm³/mol.